The highest BCUT2D eigenvalue weighted by atomic mass is 35.5. The summed E-state index contributed by atoms with van der Waals surface area (Å²) < 4.78 is 25.7. The van der Waals surface area contributed by atoms with Gasteiger partial charge in [-0.1, -0.05) is 41.9 Å². The molecule has 2 rings (SSSR count). The Kier molecular flexibility index (Phi) is 6.31. The van der Waals surface area contributed by atoms with Gasteiger partial charge in [-0.3, -0.25) is 9.10 Å². The molecule has 1 atom stereocenters. The lowest BCUT2D eigenvalue weighted by Crippen LogP contribution is -2.47. The summed E-state index contributed by atoms with van der Waals surface area (Å²) in [5, 5.41) is 3.26. The van der Waals surface area contributed by atoms with Crippen LogP contribution in [-0.2, 0) is 21.4 Å². The SMILES string of the molecule is Cc1ccc(N(C(C)C(=O)NCc2ccccc2C)S(C)(=O)=O)cc1Cl. The summed E-state index contributed by atoms with van der Waals surface area (Å²) in [6.45, 7) is 5.68. The van der Waals surface area contributed by atoms with Crippen molar-refractivity contribution in [1.82, 2.24) is 5.32 Å². The molecule has 0 aromatic heterocycles. The average Bonchev–Trinajstić information content (AvgIpc) is 2.56. The topological polar surface area (TPSA) is 66.5 Å². The van der Waals surface area contributed by atoms with E-state index in [1.54, 1.807) is 25.1 Å². The highest BCUT2D eigenvalue weighted by molar-refractivity contribution is 7.92. The Morgan fingerprint density at radius 2 is 1.81 bits per heavy atom. The van der Waals surface area contributed by atoms with Crippen LogP contribution in [0, 0.1) is 13.8 Å². The molecule has 1 N–H and O–H groups in total. The van der Waals surface area contributed by atoms with Crippen LogP contribution in [0.5, 0.6) is 0 Å². The fourth-order valence-corrected chi connectivity index (χ4v) is 4.01. The van der Waals surface area contributed by atoms with E-state index < -0.39 is 16.1 Å². The molecule has 2 aromatic rings. The molecule has 7 heteroatoms. The maximum atomic E-state index is 12.6. The molecule has 0 spiro atoms. The van der Waals surface area contributed by atoms with Crippen LogP contribution in [0.4, 0.5) is 5.69 Å². The molecular weight excluding hydrogens is 372 g/mol. The van der Waals surface area contributed by atoms with E-state index in [0.29, 0.717) is 17.3 Å². The third kappa shape index (κ3) is 4.77. The molecule has 0 aliphatic heterocycles. The zero-order chi connectivity index (χ0) is 19.5. The normalized spacial score (nSPS) is 12.5. The van der Waals surface area contributed by atoms with Gasteiger partial charge in [0.05, 0.1) is 11.9 Å². The largest absolute Gasteiger partial charge is 0.350 e. The van der Waals surface area contributed by atoms with E-state index in [1.165, 1.54) is 0 Å². The van der Waals surface area contributed by atoms with Gasteiger partial charge >= 0.3 is 0 Å². The summed E-state index contributed by atoms with van der Waals surface area (Å²) in [7, 11) is -3.67. The molecule has 5 nitrogen and oxygen atoms in total. The Labute approximate surface area is 160 Å². The summed E-state index contributed by atoms with van der Waals surface area (Å²) >= 11 is 6.13. The van der Waals surface area contributed by atoms with E-state index in [0.717, 1.165) is 27.3 Å². The number of hydrogen-bond acceptors (Lipinski definition) is 3. The van der Waals surface area contributed by atoms with Gasteiger partial charge < -0.3 is 5.32 Å². The van der Waals surface area contributed by atoms with Crippen molar-refractivity contribution in [2.45, 2.75) is 33.4 Å². The fraction of sp³-hybridized carbons (Fsp3) is 0.316. The van der Waals surface area contributed by atoms with Gasteiger partial charge in [-0.15, -0.1) is 0 Å². The van der Waals surface area contributed by atoms with Gasteiger partial charge in [0.15, 0.2) is 0 Å². The van der Waals surface area contributed by atoms with E-state index in [9.17, 15) is 13.2 Å². The Hall–Kier alpha value is -2.05. The third-order valence-corrected chi connectivity index (χ3v) is 5.86. The molecule has 1 unspecified atom stereocenters. The minimum atomic E-state index is -3.67. The minimum absolute atomic E-state index is 0.335. The first-order chi connectivity index (χ1) is 12.1. The smallest absolute Gasteiger partial charge is 0.243 e. The van der Waals surface area contributed by atoms with Crippen LogP contribution in [0.3, 0.4) is 0 Å². The van der Waals surface area contributed by atoms with Crippen molar-refractivity contribution < 1.29 is 13.2 Å². The van der Waals surface area contributed by atoms with E-state index in [1.807, 2.05) is 38.1 Å². The molecule has 0 heterocycles. The van der Waals surface area contributed by atoms with Crippen molar-refractivity contribution in [2.75, 3.05) is 10.6 Å². The second-order valence-electron chi connectivity index (χ2n) is 6.31. The summed E-state index contributed by atoms with van der Waals surface area (Å²) in [4.78, 5) is 12.6. The lowest BCUT2D eigenvalue weighted by Gasteiger charge is -2.28. The second kappa shape index (κ2) is 8.10. The van der Waals surface area contributed by atoms with Gasteiger partial charge in [0, 0.05) is 11.6 Å². The maximum absolute atomic E-state index is 12.6. The van der Waals surface area contributed by atoms with Crippen molar-refractivity contribution in [3.8, 4) is 0 Å². The Bertz CT molecular complexity index is 913. The lowest BCUT2D eigenvalue weighted by molar-refractivity contribution is -0.122. The number of hydrogen-bond donors (Lipinski definition) is 1. The molecule has 0 aliphatic rings. The number of sulfonamides is 1. The van der Waals surface area contributed by atoms with Crippen LogP contribution in [-0.4, -0.2) is 26.6 Å². The van der Waals surface area contributed by atoms with Crippen LogP contribution in [0.25, 0.3) is 0 Å². The summed E-state index contributed by atoms with van der Waals surface area (Å²) in [6, 6.07) is 11.7. The van der Waals surface area contributed by atoms with Gasteiger partial charge in [-0.25, -0.2) is 8.42 Å². The van der Waals surface area contributed by atoms with Crippen molar-refractivity contribution >= 4 is 33.2 Å². The predicted molar refractivity (Wildman–Crippen MR) is 106 cm³/mol. The number of carbonyl (C=O) groups is 1. The molecule has 0 saturated heterocycles. The van der Waals surface area contributed by atoms with Crippen LogP contribution in [0.2, 0.25) is 5.02 Å². The van der Waals surface area contributed by atoms with Crippen LogP contribution < -0.4 is 9.62 Å². The number of benzene rings is 2. The highest BCUT2D eigenvalue weighted by Crippen LogP contribution is 2.26. The van der Waals surface area contributed by atoms with Crippen LogP contribution >= 0.6 is 11.6 Å². The number of nitrogens with one attached hydrogen (secondary N) is 1. The third-order valence-electron chi connectivity index (χ3n) is 4.21. The van der Waals surface area contributed by atoms with E-state index in [2.05, 4.69) is 5.32 Å². The van der Waals surface area contributed by atoms with Crippen LogP contribution in [0.1, 0.15) is 23.6 Å². The second-order valence-corrected chi connectivity index (χ2v) is 8.58. The maximum Gasteiger partial charge on any atom is 0.243 e. The molecule has 0 saturated carbocycles. The molecule has 2 aromatic carbocycles. The van der Waals surface area contributed by atoms with Crippen molar-refractivity contribution in [3.05, 3.63) is 64.2 Å². The lowest BCUT2D eigenvalue weighted by atomic mass is 10.1. The van der Waals surface area contributed by atoms with E-state index in [4.69, 9.17) is 11.6 Å². The van der Waals surface area contributed by atoms with Gasteiger partial charge in [-0.2, -0.15) is 0 Å². The first-order valence-electron chi connectivity index (χ1n) is 8.19. The Morgan fingerprint density at radius 1 is 1.15 bits per heavy atom. The highest BCUT2D eigenvalue weighted by Gasteiger charge is 2.29. The molecular formula is C19H23ClN2O3S. The molecule has 140 valence electrons. The van der Waals surface area contributed by atoms with E-state index in [-0.39, 0.29) is 5.91 Å². The Morgan fingerprint density at radius 3 is 2.38 bits per heavy atom. The van der Waals surface area contributed by atoms with E-state index >= 15 is 0 Å². The molecule has 0 bridgehead atoms. The number of amides is 1. The number of aryl methyl sites for hydroxylation is 2. The molecule has 0 fully saturated rings. The molecule has 26 heavy (non-hydrogen) atoms. The zero-order valence-electron chi connectivity index (χ0n) is 15.3. The summed E-state index contributed by atoms with van der Waals surface area (Å²) in [5.41, 5.74) is 3.24. The fourth-order valence-electron chi connectivity index (χ4n) is 2.67. The average molecular weight is 395 g/mol. The number of anilines is 1. The standard InChI is InChI=1S/C19H23ClN2O3S/c1-13-7-5-6-8-16(13)12-21-19(23)15(3)22(26(4,24)25)17-10-9-14(2)18(20)11-17/h5-11,15H,12H2,1-4H3,(H,21,23). The van der Waals surface area contributed by atoms with Crippen molar-refractivity contribution in [1.29, 1.82) is 0 Å². The van der Waals surface area contributed by atoms with Gasteiger partial charge in [0.25, 0.3) is 0 Å². The monoisotopic (exact) mass is 394 g/mol. The van der Waals surface area contributed by atoms with Gasteiger partial charge in [0.1, 0.15) is 6.04 Å². The zero-order valence-corrected chi connectivity index (χ0v) is 16.9. The molecule has 0 aliphatic carbocycles. The summed E-state index contributed by atoms with van der Waals surface area (Å²) in [5.74, 6) is -0.379. The quantitative estimate of drug-likeness (QED) is 0.816. The first kappa shape index (κ1) is 20.3. The van der Waals surface area contributed by atoms with Crippen molar-refractivity contribution in [2.24, 2.45) is 0 Å². The van der Waals surface area contributed by atoms with Crippen molar-refractivity contribution in [3.63, 3.8) is 0 Å². The molecule has 0 radical (unpaired) electrons. The molecule has 1 amide bonds. The van der Waals surface area contributed by atoms with Gasteiger partial charge in [0.2, 0.25) is 15.9 Å². The number of halogens is 1. The Balaban J connectivity index is 2.23. The number of rotatable bonds is 6. The number of nitrogens with zero attached hydrogens (tertiary/aromatic N) is 1. The van der Waals surface area contributed by atoms with Gasteiger partial charge in [-0.05, 0) is 49.6 Å². The van der Waals surface area contributed by atoms with Crippen LogP contribution in [0.15, 0.2) is 42.5 Å². The predicted octanol–water partition coefficient (Wildman–Crippen LogP) is 3.43. The number of carbonyl (C=O) groups excluding carboxylic acids is 1. The minimum Gasteiger partial charge on any atom is -0.350 e. The first-order valence-corrected chi connectivity index (χ1v) is 10.4. The summed E-state index contributed by atoms with van der Waals surface area (Å²) in [6.07, 6.45) is 1.08.